The molecule has 0 spiro atoms. The number of hydrogen-bond donors (Lipinski definition) is 3. The molecular formula is C9H10F3N3O2S2. The van der Waals surface area contributed by atoms with Crippen LogP contribution in [0.25, 0.3) is 0 Å². The zero-order valence-electron chi connectivity index (χ0n) is 9.36. The summed E-state index contributed by atoms with van der Waals surface area (Å²) in [4.78, 5) is 0.0456. The molecule has 10 heteroatoms. The molecule has 4 N–H and O–H groups in total. The number of benzene rings is 1. The molecule has 106 valence electrons. The summed E-state index contributed by atoms with van der Waals surface area (Å²) in [5, 5.41) is 0. The van der Waals surface area contributed by atoms with Gasteiger partial charge in [-0.2, -0.15) is 26.3 Å². The van der Waals surface area contributed by atoms with Gasteiger partial charge in [0.1, 0.15) is 11.5 Å². The first-order valence-corrected chi connectivity index (χ1v) is 6.72. The van der Waals surface area contributed by atoms with Crippen LogP contribution in [0.5, 0.6) is 0 Å². The van der Waals surface area contributed by atoms with Gasteiger partial charge in [0.05, 0.1) is 5.69 Å². The molecule has 19 heavy (non-hydrogen) atoms. The standard InChI is InChI=1S/C9H10F3N3O2S2/c10-9(11,12)5-14-19(16,17)15-7-3-1-2-6(4-7)8(13)18/h1-4,14-15H,5H2,(H2,13,18). The Kier molecular flexibility index (Phi) is 4.71. The van der Waals surface area contributed by atoms with Gasteiger partial charge in [0.2, 0.25) is 0 Å². The normalized spacial score (nSPS) is 12.2. The van der Waals surface area contributed by atoms with Gasteiger partial charge in [-0.05, 0) is 12.1 Å². The minimum absolute atomic E-state index is 0.0456. The first-order chi connectivity index (χ1) is 8.59. The highest BCUT2D eigenvalue weighted by Crippen LogP contribution is 2.14. The van der Waals surface area contributed by atoms with E-state index in [1.165, 1.54) is 22.9 Å². The Morgan fingerprint density at radius 1 is 1.37 bits per heavy atom. The highest BCUT2D eigenvalue weighted by atomic mass is 32.2. The van der Waals surface area contributed by atoms with Crippen molar-refractivity contribution in [1.82, 2.24) is 4.72 Å². The van der Waals surface area contributed by atoms with Gasteiger partial charge in [-0.1, -0.05) is 24.4 Å². The molecule has 0 aromatic heterocycles. The third kappa shape index (κ3) is 5.85. The van der Waals surface area contributed by atoms with Crippen molar-refractivity contribution in [1.29, 1.82) is 0 Å². The predicted octanol–water partition coefficient (Wildman–Crippen LogP) is 1.13. The van der Waals surface area contributed by atoms with Gasteiger partial charge in [-0.25, -0.2) is 0 Å². The number of hydrogen-bond acceptors (Lipinski definition) is 3. The molecule has 0 atom stereocenters. The number of thiocarbonyl (C=S) groups is 1. The smallest absolute Gasteiger partial charge is 0.389 e. The second kappa shape index (κ2) is 5.72. The minimum atomic E-state index is -4.63. The second-order valence-electron chi connectivity index (χ2n) is 3.49. The molecule has 0 radical (unpaired) electrons. The fourth-order valence-corrected chi connectivity index (χ4v) is 2.09. The molecule has 0 saturated carbocycles. The van der Waals surface area contributed by atoms with Crippen molar-refractivity contribution in [2.45, 2.75) is 6.18 Å². The Balaban J connectivity index is 2.78. The number of nitrogens with one attached hydrogen (secondary N) is 2. The summed E-state index contributed by atoms with van der Waals surface area (Å²) < 4.78 is 61.7. The van der Waals surface area contributed by atoms with Gasteiger partial charge in [-0.3, -0.25) is 4.72 Å². The Morgan fingerprint density at radius 3 is 2.53 bits per heavy atom. The van der Waals surface area contributed by atoms with Crippen molar-refractivity contribution in [2.24, 2.45) is 5.73 Å². The molecule has 0 fully saturated rings. The van der Waals surface area contributed by atoms with E-state index in [1.807, 2.05) is 4.72 Å². The van der Waals surface area contributed by atoms with Crippen molar-refractivity contribution < 1.29 is 21.6 Å². The molecule has 0 heterocycles. The van der Waals surface area contributed by atoms with Gasteiger partial charge in [-0.15, -0.1) is 0 Å². The molecule has 0 aliphatic carbocycles. The Hall–Kier alpha value is -1.39. The quantitative estimate of drug-likeness (QED) is 0.712. The van der Waals surface area contributed by atoms with Crippen molar-refractivity contribution >= 4 is 33.1 Å². The Morgan fingerprint density at radius 2 is 2.00 bits per heavy atom. The van der Waals surface area contributed by atoms with Gasteiger partial charge >= 0.3 is 6.18 Å². The largest absolute Gasteiger partial charge is 0.402 e. The van der Waals surface area contributed by atoms with Crippen LogP contribution in [0.2, 0.25) is 0 Å². The molecule has 0 aliphatic heterocycles. The van der Waals surface area contributed by atoms with Gasteiger partial charge in [0, 0.05) is 5.56 Å². The number of rotatable bonds is 5. The molecule has 1 aromatic carbocycles. The maximum Gasteiger partial charge on any atom is 0.402 e. The summed E-state index contributed by atoms with van der Waals surface area (Å²) >= 11 is 4.70. The van der Waals surface area contributed by atoms with Gasteiger partial charge in [0.15, 0.2) is 0 Å². The third-order valence-corrected chi connectivity index (χ3v) is 3.13. The van der Waals surface area contributed by atoms with E-state index in [-0.39, 0.29) is 10.7 Å². The van der Waals surface area contributed by atoms with Crippen LogP contribution >= 0.6 is 12.2 Å². The summed E-state index contributed by atoms with van der Waals surface area (Å²) in [6.45, 7) is -1.66. The first-order valence-electron chi connectivity index (χ1n) is 4.83. The van der Waals surface area contributed by atoms with Crippen molar-refractivity contribution in [3.8, 4) is 0 Å². The van der Waals surface area contributed by atoms with E-state index < -0.39 is 22.9 Å². The van der Waals surface area contributed by atoms with Crippen LogP contribution in [0.1, 0.15) is 5.56 Å². The SMILES string of the molecule is NC(=S)c1cccc(NS(=O)(=O)NCC(F)(F)F)c1. The number of nitrogens with two attached hydrogens (primary N) is 1. The van der Waals surface area contributed by atoms with Crippen LogP contribution in [-0.4, -0.2) is 26.1 Å². The summed E-state index contributed by atoms with van der Waals surface area (Å²) in [5.74, 6) is 0. The maximum atomic E-state index is 11.9. The van der Waals surface area contributed by atoms with Gasteiger partial charge in [0.25, 0.3) is 10.2 Å². The molecule has 0 saturated heterocycles. The summed E-state index contributed by atoms with van der Waals surface area (Å²) in [7, 11) is -4.31. The fourth-order valence-electron chi connectivity index (χ4n) is 1.10. The second-order valence-corrected chi connectivity index (χ2v) is 5.43. The van der Waals surface area contributed by atoms with Crippen molar-refractivity contribution in [3.05, 3.63) is 29.8 Å². The van der Waals surface area contributed by atoms with Crippen LogP contribution in [0, 0.1) is 0 Å². The Bertz CT molecular complexity index is 572. The highest BCUT2D eigenvalue weighted by Gasteiger charge is 2.29. The van der Waals surface area contributed by atoms with E-state index >= 15 is 0 Å². The summed E-state index contributed by atoms with van der Waals surface area (Å²) in [6, 6.07) is 5.68. The van der Waals surface area contributed by atoms with E-state index in [2.05, 4.69) is 0 Å². The maximum absolute atomic E-state index is 11.9. The molecular weight excluding hydrogens is 303 g/mol. The monoisotopic (exact) mass is 313 g/mol. The summed E-state index contributed by atoms with van der Waals surface area (Å²) in [5.41, 5.74) is 5.80. The number of halogens is 3. The van der Waals surface area contributed by atoms with E-state index in [0.29, 0.717) is 5.56 Å². The van der Waals surface area contributed by atoms with Crippen LogP contribution < -0.4 is 15.2 Å². The summed E-state index contributed by atoms with van der Waals surface area (Å²) in [6.07, 6.45) is -4.63. The third-order valence-electron chi connectivity index (χ3n) is 1.86. The molecule has 0 bridgehead atoms. The van der Waals surface area contributed by atoms with Crippen LogP contribution in [0.15, 0.2) is 24.3 Å². The van der Waals surface area contributed by atoms with Crippen LogP contribution in [0.4, 0.5) is 18.9 Å². The minimum Gasteiger partial charge on any atom is -0.389 e. The zero-order valence-corrected chi connectivity index (χ0v) is 11.0. The molecule has 1 aromatic rings. The Labute approximate surface area is 113 Å². The topological polar surface area (TPSA) is 84.2 Å². The van der Waals surface area contributed by atoms with E-state index in [4.69, 9.17) is 18.0 Å². The lowest BCUT2D eigenvalue weighted by molar-refractivity contribution is -0.121. The predicted molar refractivity (Wildman–Crippen MR) is 68.9 cm³/mol. The molecule has 1 rings (SSSR count). The average molecular weight is 313 g/mol. The lowest BCUT2D eigenvalue weighted by Gasteiger charge is -2.11. The molecule has 0 unspecified atom stereocenters. The van der Waals surface area contributed by atoms with Crippen LogP contribution in [-0.2, 0) is 10.2 Å². The number of anilines is 1. The zero-order chi connectivity index (χ0) is 14.7. The van der Waals surface area contributed by atoms with Gasteiger partial charge < -0.3 is 5.73 Å². The lowest BCUT2D eigenvalue weighted by Crippen LogP contribution is -2.37. The van der Waals surface area contributed by atoms with E-state index in [0.717, 1.165) is 0 Å². The van der Waals surface area contributed by atoms with E-state index in [1.54, 1.807) is 6.07 Å². The fraction of sp³-hybridized carbons (Fsp3) is 0.222. The molecule has 0 amide bonds. The van der Waals surface area contributed by atoms with Crippen molar-refractivity contribution in [2.75, 3.05) is 11.3 Å². The van der Waals surface area contributed by atoms with E-state index in [9.17, 15) is 21.6 Å². The average Bonchev–Trinajstić information content (AvgIpc) is 2.25. The lowest BCUT2D eigenvalue weighted by atomic mass is 10.2. The molecule has 0 aliphatic rings. The van der Waals surface area contributed by atoms with Crippen molar-refractivity contribution in [3.63, 3.8) is 0 Å². The first kappa shape index (κ1) is 15.7. The highest BCUT2D eigenvalue weighted by molar-refractivity contribution is 7.90. The number of alkyl halides is 3. The van der Waals surface area contributed by atoms with Crippen LogP contribution in [0.3, 0.4) is 0 Å². The molecule has 5 nitrogen and oxygen atoms in total.